The zero-order valence-corrected chi connectivity index (χ0v) is 12.5. The maximum atomic E-state index is 12.9. The van der Waals surface area contributed by atoms with E-state index in [2.05, 4.69) is 20.6 Å². The number of hydrogen-bond acceptors (Lipinski definition) is 4. The molecule has 0 fully saturated rings. The quantitative estimate of drug-likeness (QED) is 0.794. The van der Waals surface area contributed by atoms with E-state index in [0.29, 0.717) is 6.07 Å². The maximum Gasteiger partial charge on any atom is 0.433 e. The minimum atomic E-state index is -4.71. The Morgan fingerprint density at radius 1 is 0.917 bits per heavy atom. The number of hydrogen-bond donors (Lipinski definition) is 2. The van der Waals surface area contributed by atoms with E-state index in [0.717, 1.165) is 6.07 Å². The molecule has 0 bridgehead atoms. The van der Waals surface area contributed by atoms with Crippen molar-refractivity contribution in [2.45, 2.75) is 19.3 Å². The Morgan fingerprint density at radius 3 is 2.12 bits per heavy atom. The summed E-state index contributed by atoms with van der Waals surface area (Å²) in [5.41, 5.74) is -2.14. The molecule has 0 aliphatic rings. The number of nitrogens with one attached hydrogen (secondary N) is 2. The van der Waals surface area contributed by atoms with Gasteiger partial charge in [0.1, 0.15) is 5.82 Å². The average molecular weight is 350 g/mol. The van der Waals surface area contributed by atoms with Crippen molar-refractivity contribution in [3.63, 3.8) is 0 Å². The van der Waals surface area contributed by atoms with Gasteiger partial charge in [-0.3, -0.25) is 0 Å². The fourth-order valence-electron chi connectivity index (χ4n) is 1.92. The largest absolute Gasteiger partial charge is 0.433 e. The minimum absolute atomic E-state index is 0.00244. The molecular formula is C14H12F6N4. The van der Waals surface area contributed by atoms with Crippen LogP contribution in [-0.4, -0.2) is 17.0 Å². The van der Waals surface area contributed by atoms with Gasteiger partial charge in [0.2, 0.25) is 5.95 Å². The van der Waals surface area contributed by atoms with E-state index in [1.807, 2.05) is 0 Å². The first-order chi connectivity index (χ1) is 11.0. The molecule has 2 aromatic rings. The van der Waals surface area contributed by atoms with Crippen molar-refractivity contribution in [1.82, 2.24) is 9.97 Å². The molecule has 4 nitrogen and oxygen atoms in total. The van der Waals surface area contributed by atoms with Crippen molar-refractivity contribution < 1.29 is 26.3 Å². The Bertz CT molecular complexity index is 739. The van der Waals surface area contributed by atoms with Gasteiger partial charge in [-0.25, -0.2) is 4.98 Å². The summed E-state index contributed by atoms with van der Waals surface area (Å²) in [6.45, 7) is 1.29. The highest BCUT2D eigenvalue weighted by Gasteiger charge is 2.34. The van der Waals surface area contributed by atoms with Crippen LogP contribution in [0.2, 0.25) is 0 Å². The van der Waals surface area contributed by atoms with Gasteiger partial charge in [-0.15, -0.1) is 0 Å². The highest BCUT2D eigenvalue weighted by atomic mass is 19.4. The van der Waals surface area contributed by atoms with Crippen LogP contribution in [0.15, 0.2) is 24.3 Å². The summed E-state index contributed by atoms with van der Waals surface area (Å²) in [6, 6.07) is 3.96. The molecule has 1 aromatic carbocycles. The lowest BCUT2D eigenvalue weighted by Gasteiger charge is -2.14. The molecule has 0 saturated carbocycles. The Hall–Kier alpha value is -2.52. The minimum Gasteiger partial charge on any atom is -0.357 e. The molecule has 10 heteroatoms. The third kappa shape index (κ3) is 4.06. The molecule has 0 saturated heterocycles. The van der Waals surface area contributed by atoms with Crippen molar-refractivity contribution in [2.75, 3.05) is 17.7 Å². The summed E-state index contributed by atoms with van der Waals surface area (Å²) in [4.78, 5) is 7.03. The van der Waals surface area contributed by atoms with Crippen LogP contribution in [-0.2, 0) is 12.4 Å². The summed E-state index contributed by atoms with van der Waals surface area (Å²) in [6.07, 6.45) is -9.28. The Kier molecular flexibility index (Phi) is 4.59. The van der Waals surface area contributed by atoms with Crippen LogP contribution in [0.3, 0.4) is 0 Å². The second-order valence-corrected chi connectivity index (χ2v) is 4.86. The van der Waals surface area contributed by atoms with Crippen molar-refractivity contribution in [1.29, 1.82) is 0 Å². The molecule has 24 heavy (non-hydrogen) atoms. The molecule has 2 rings (SSSR count). The summed E-state index contributed by atoms with van der Waals surface area (Å²) < 4.78 is 77.1. The van der Waals surface area contributed by atoms with Crippen LogP contribution in [0.5, 0.6) is 0 Å². The van der Waals surface area contributed by atoms with Crippen molar-refractivity contribution in [2.24, 2.45) is 0 Å². The highest BCUT2D eigenvalue weighted by molar-refractivity contribution is 5.60. The van der Waals surface area contributed by atoms with E-state index in [-0.39, 0.29) is 23.0 Å². The lowest BCUT2D eigenvalue weighted by Crippen LogP contribution is -2.12. The number of anilines is 3. The van der Waals surface area contributed by atoms with Crippen molar-refractivity contribution in [3.05, 3.63) is 41.1 Å². The van der Waals surface area contributed by atoms with Crippen LogP contribution >= 0.6 is 0 Å². The zero-order chi connectivity index (χ0) is 18.1. The molecule has 0 aliphatic heterocycles. The van der Waals surface area contributed by atoms with Gasteiger partial charge >= 0.3 is 12.4 Å². The Balaban J connectivity index is 2.41. The second-order valence-electron chi connectivity index (χ2n) is 4.86. The number of rotatable bonds is 3. The molecule has 0 amide bonds. The average Bonchev–Trinajstić information content (AvgIpc) is 2.47. The Morgan fingerprint density at radius 2 is 1.58 bits per heavy atom. The number of benzene rings is 1. The van der Waals surface area contributed by atoms with E-state index < -0.39 is 23.6 Å². The number of aromatic nitrogens is 2. The molecule has 0 unspecified atom stereocenters. The van der Waals surface area contributed by atoms with Gasteiger partial charge in [0.05, 0.1) is 5.56 Å². The third-order valence-electron chi connectivity index (χ3n) is 3.06. The van der Waals surface area contributed by atoms with Crippen LogP contribution in [0, 0.1) is 6.92 Å². The predicted molar refractivity (Wildman–Crippen MR) is 76.0 cm³/mol. The molecular weight excluding hydrogens is 338 g/mol. The van der Waals surface area contributed by atoms with Gasteiger partial charge in [-0.1, -0.05) is 6.07 Å². The molecule has 130 valence electrons. The van der Waals surface area contributed by atoms with Gasteiger partial charge in [0.15, 0.2) is 5.69 Å². The van der Waals surface area contributed by atoms with Gasteiger partial charge in [0.25, 0.3) is 0 Å². The van der Waals surface area contributed by atoms with Crippen LogP contribution in [0.1, 0.15) is 16.8 Å². The number of halogens is 6. The number of nitrogens with zero attached hydrogens (tertiary/aromatic N) is 2. The van der Waals surface area contributed by atoms with E-state index in [4.69, 9.17) is 0 Å². The third-order valence-corrected chi connectivity index (χ3v) is 3.06. The summed E-state index contributed by atoms with van der Waals surface area (Å²) in [5, 5.41) is 4.81. The zero-order valence-electron chi connectivity index (χ0n) is 12.5. The van der Waals surface area contributed by atoms with Crippen LogP contribution in [0.25, 0.3) is 0 Å². The monoisotopic (exact) mass is 350 g/mol. The second kappa shape index (κ2) is 6.17. The normalized spacial score (nSPS) is 12.2. The van der Waals surface area contributed by atoms with Gasteiger partial charge in [-0.05, 0) is 24.6 Å². The lowest BCUT2D eigenvalue weighted by molar-refractivity contribution is -0.141. The predicted octanol–water partition coefficient (Wildman–Crippen LogP) is 4.61. The maximum absolute atomic E-state index is 12.9. The summed E-state index contributed by atoms with van der Waals surface area (Å²) in [5.74, 6) is -0.589. The highest BCUT2D eigenvalue weighted by Crippen LogP contribution is 2.35. The molecule has 0 atom stereocenters. The first-order valence-corrected chi connectivity index (χ1v) is 6.59. The van der Waals surface area contributed by atoms with E-state index in [1.54, 1.807) is 0 Å². The molecule has 0 aliphatic carbocycles. The van der Waals surface area contributed by atoms with Crippen molar-refractivity contribution in [3.8, 4) is 0 Å². The smallest absolute Gasteiger partial charge is 0.357 e. The molecule has 0 radical (unpaired) electrons. The topological polar surface area (TPSA) is 49.8 Å². The van der Waals surface area contributed by atoms with Gasteiger partial charge in [0, 0.05) is 18.8 Å². The summed E-state index contributed by atoms with van der Waals surface area (Å²) >= 11 is 0. The first kappa shape index (κ1) is 17.8. The van der Waals surface area contributed by atoms with Crippen molar-refractivity contribution >= 4 is 17.5 Å². The van der Waals surface area contributed by atoms with Crippen LogP contribution < -0.4 is 10.6 Å². The van der Waals surface area contributed by atoms with Gasteiger partial charge < -0.3 is 10.6 Å². The lowest BCUT2D eigenvalue weighted by atomic mass is 10.1. The number of aryl methyl sites for hydroxylation is 1. The molecule has 1 aromatic heterocycles. The number of alkyl halides is 6. The Labute approximate surface area is 132 Å². The molecule has 1 heterocycles. The van der Waals surface area contributed by atoms with E-state index in [1.165, 1.54) is 26.1 Å². The summed E-state index contributed by atoms with van der Waals surface area (Å²) in [7, 11) is 1.33. The fraction of sp³-hybridized carbons (Fsp3) is 0.286. The molecule has 0 spiro atoms. The van der Waals surface area contributed by atoms with Crippen LogP contribution in [0.4, 0.5) is 43.8 Å². The SMILES string of the molecule is CNc1nc(Nc2ccc(C)c(C(F)(F)F)c2)cc(C(F)(F)F)n1. The van der Waals surface area contributed by atoms with Gasteiger partial charge in [-0.2, -0.15) is 31.3 Å². The fourth-order valence-corrected chi connectivity index (χ4v) is 1.92. The first-order valence-electron chi connectivity index (χ1n) is 6.59. The molecule has 2 N–H and O–H groups in total. The van der Waals surface area contributed by atoms with E-state index >= 15 is 0 Å². The van der Waals surface area contributed by atoms with E-state index in [9.17, 15) is 26.3 Å². The standard InChI is InChI=1S/C14H12F6N4/c1-7-3-4-8(5-9(7)13(15,16)17)22-11-6-10(14(18,19)20)23-12(21-2)24-11/h3-6H,1-2H3,(H2,21,22,23,24).